The van der Waals surface area contributed by atoms with Gasteiger partial charge in [0.25, 0.3) is 0 Å². The highest BCUT2D eigenvalue weighted by atomic mass is 16.5. The minimum Gasteiger partial charge on any atom is -0.496 e. The number of benzene rings is 2. The summed E-state index contributed by atoms with van der Waals surface area (Å²) in [5.74, 6) is 1.57. The molecule has 0 bridgehead atoms. The topological polar surface area (TPSA) is 41.9 Å². The summed E-state index contributed by atoms with van der Waals surface area (Å²) >= 11 is 0. The van der Waals surface area contributed by atoms with Crippen LogP contribution in [0.4, 0.5) is 0 Å². The summed E-state index contributed by atoms with van der Waals surface area (Å²) in [6, 6.07) is 15.5. The maximum atomic E-state index is 10.0. The van der Waals surface area contributed by atoms with Gasteiger partial charge in [0.1, 0.15) is 17.6 Å². The summed E-state index contributed by atoms with van der Waals surface area (Å²) in [7, 11) is 1.64. The molecule has 1 atom stereocenters. The van der Waals surface area contributed by atoms with Crippen LogP contribution >= 0.6 is 0 Å². The van der Waals surface area contributed by atoms with Crippen LogP contribution in [0.15, 0.2) is 48.5 Å². The second-order valence-electron chi connectivity index (χ2n) is 4.80. The number of ether oxygens (including phenoxy) is 2. The highest BCUT2D eigenvalue weighted by molar-refractivity contribution is 5.39. The van der Waals surface area contributed by atoms with E-state index in [1.807, 2.05) is 48.5 Å². The Morgan fingerprint density at radius 1 is 1.15 bits per heavy atom. The second-order valence-corrected chi connectivity index (χ2v) is 4.80. The Hall–Kier alpha value is -2.04. The van der Waals surface area contributed by atoms with Gasteiger partial charge in [-0.1, -0.05) is 36.4 Å². The Morgan fingerprint density at radius 2 is 1.90 bits per heavy atom. The van der Waals surface area contributed by atoms with Crippen molar-refractivity contribution in [3.63, 3.8) is 0 Å². The summed E-state index contributed by atoms with van der Waals surface area (Å²) in [6.07, 6.45) is -0.264. The van der Waals surface area contributed by atoms with Crippen molar-refractivity contribution in [1.82, 2.24) is 5.06 Å². The molecule has 1 N–H and O–H groups in total. The summed E-state index contributed by atoms with van der Waals surface area (Å²) in [6.45, 7) is 0.858. The number of hydrogen-bond acceptors (Lipinski definition) is 4. The first-order chi connectivity index (χ1) is 9.78. The van der Waals surface area contributed by atoms with Crippen molar-refractivity contribution in [3.05, 3.63) is 59.7 Å². The van der Waals surface area contributed by atoms with E-state index in [0.717, 1.165) is 22.6 Å². The van der Waals surface area contributed by atoms with E-state index in [1.54, 1.807) is 7.11 Å². The Morgan fingerprint density at radius 3 is 2.75 bits per heavy atom. The average molecular weight is 271 g/mol. The van der Waals surface area contributed by atoms with Gasteiger partial charge in [0.05, 0.1) is 20.2 Å². The molecule has 2 aromatic carbocycles. The van der Waals surface area contributed by atoms with E-state index >= 15 is 0 Å². The van der Waals surface area contributed by atoms with Gasteiger partial charge in [-0.3, -0.25) is 0 Å². The maximum absolute atomic E-state index is 10.0. The van der Waals surface area contributed by atoms with E-state index in [2.05, 4.69) is 0 Å². The summed E-state index contributed by atoms with van der Waals surface area (Å²) in [5.41, 5.74) is 1.91. The van der Waals surface area contributed by atoms with Crippen molar-refractivity contribution in [2.45, 2.75) is 12.6 Å². The van der Waals surface area contributed by atoms with Gasteiger partial charge in [-0.15, -0.1) is 0 Å². The Kier molecular flexibility index (Phi) is 3.58. The molecular formula is C16H17NO3. The van der Waals surface area contributed by atoms with Crippen molar-refractivity contribution >= 4 is 0 Å². The van der Waals surface area contributed by atoms with Crippen LogP contribution in [0.3, 0.4) is 0 Å². The van der Waals surface area contributed by atoms with Crippen LogP contribution in [-0.4, -0.2) is 23.9 Å². The molecule has 2 aromatic rings. The lowest BCUT2D eigenvalue weighted by molar-refractivity contribution is -0.112. The summed E-state index contributed by atoms with van der Waals surface area (Å²) in [5, 5.41) is 11.3. The predicted molar refractivity (Wildman–Crippen MR) is 75.0 cm³/mol. The summed E-state index contributed by atoms with van der Waals surface area (Å²) in [4.78, 5) is 0. The van der Waals surface area contributed by atoms with Crippen molar-refractivity contribution in [1.29, 1.82) is 0 Å². The van der Waals surface area contributed by atoms with Gasteiger partial charge in [0.2, 0.25) is 0 Å². The van der Waals surface area contributed by atoms with Crippen molar-refractivity contribution in [3.8, 4) is 11.5 Å². The molecule has 1 heterocycles. The molecule has 4 heteroatoms. The molecule has 0 aromatic heterocycles. The lowest BCUT2D eigenvalue weighted by atomic mass is 10.1. The van der Waals surface area contributed by atoms with E-state index in [1.165, 1.54) is 5.06 Å². The second kappa shape index (κ2) is 5.53. The highest BCUT2D eigenvalue weighted by Crippen LogP contribution is 2.33. The van der Waals surface area contributed by atoms with Gasteiger partial charge in [0.15, 0.2) is 0 Å². The zero-order valence-electron chi connectivity index (χ0n) is 11.3. The van der Waals surface area contributed by atoms with Gasteiger partial charge >= 0.3 is 0 Å². The lowest BCUT2D eigenvalue weighted by Crippen LogP contribution is -2.25. The van der Waals surface area contributed by atoms with Crippen LogP contribution in [0.5, 0.6) is 11.5 Å². The Balaban J connectivity index is 1.98. The Bertz CT molecular complexity index is 600. The number of nitrogens with zero attached hydrogens (tertiary/aromatic N) is 1. The molecule has 0 radical (unpaired) electrons. The average Bonchev–Trinajstić information content (AvgIpc) is 2.65. The number of hydrogen-bond donors (Lipinski definition) is 1. The van der Waals surface area contributed by atoms with Crippen LogP contribution in [0.1, 0.15) is 17.2 Å². The molecule has 3 rings (SSSR count). The van der Waals surface area contributed by atoms with Crippen LogP contribution in [-0.2, 0) is 6.54 Å². The molecule has 0 saturated heterocycles. The number of hydroxylamine groups is 2. The van der Waals surface area contributed by atoms with Crippen molar-refractivity contribution in [2.75, 3.05) is 13.7 Å². The highest BCUT2D eigenvalue weighted by Gasteiger charge is 2.25. The summed E-state index contributed by atoms with van der Waals surface area (Å²) < 4.78 is 11.5. The minimum absolute atomic E-state index is 0.264. The van der Waals surface area contributed by atoms with Crippen molar-refractivity contribution < 1.29 is 14.7 Å². The quantitative estimate of drug-likeness (QED) is 0.911. The third kappa shape index (κ3) is 2.48. The third-order valence-corrected chi connectivity index (χ3v) is 3.46. The molecule has 0 amide bonds. The molecule has 0 saturated carbocycles. The number of para-hydroxylation sites is 2. The van der Waals surface area contributed by atoms with E-state index in [4.69, 9.17) is 9.47 Å². The van der Waals surface area contributed by atoms with Crippen LogP contribution in [0, 0.1) is 0 Å². The van der Waals surface area contributed by atoms with Gasteiger partial charge in [-0.25, -0.2) is 0 Å². The third-order valence-electron chi connectivity index (χ3n) is 3.46. The lowest BCUT2D eigenvalue weighted by Gasteiger charge is -2.21. The van der Waals surface area contributed by atoms with E-state index in [0.29, 0.717) is 13.1 Å². The molecule has 1 aliphatic heterocycles. The molecular weight excluding hydrogens is 254 g/mol. The van der Waals surface area contributed by atoms with Gasteiger partial charge in [-0.05, 0) is 12.1 Å². The van der Waals surface area contributed by atoms with Crippen LogP contribution in [0.25, 0.3) is 0 Å². The van der Waals surface area contributed by atoms with E-state index < -0.39 is 0 Å². The van der Waals surface area contributed by atoms with Gasteiger partial charge < -0.3 is 14.7 Å². The fraction of sp³-hybridized carbons (Fsp3) is 0.250. The SMILES string of the molecule is COc1ccccc1C1CN(O)Cc2ccccc2O1. The smallest absolute Gasteiger partial charge is 0.142 e. The normalized spacial score (nSPS) is 18.8. The predicted octanol–water partition coefficient (Wildman–Crippen LogP) is 3.02. The minimum atomic E-state index is -0.264. The molecule has 0 spiro atoms. The van der Waals surface area contributed by atoms with Gasteiger partial charge in [-0.2, -0.15) is 5.06 Å². The fourth-order valence-electron chi connectivity index (χ4n) is 2.49. The van der Waals surface area contributed by atoms with Gasteiger partial charge in [0, 0.05) is 11.1 Å². The van der Waals surface area contributed by atoms with Crippen LogP contribution < -0.4 is 9.47 Å². The zero-order chi connectivity index (χ0) is 13.9. The maximum Gasteiger partial charge on any atom is 0.142 e. The molecule has 4 nitrogen and oxygen atoms in total. The molecule has 0 fully saturated rings. The number of rotatable bonds is 2. The Labute approximate surface area is 118 Å². The molecule has 1 unspecified atom stereocenters. The first-order valence-electron chi connectivity index (χ1n) is 6.59. The first kappa shape index (κ1) is 13.0. The largest absolute Gasteiger partial charge is 0.496 e. The van der Waals surface area contributed by atoms with Crippen molar-refractivity contribution in [2.24, 2.45) is 0 Å². The standard InChI is InChI=1S/C16H17NO3/c1-19-15-9-5-3-7-13(15)16-11-17(18)10-12-6-2-4-8-14(12)20-16/h2-9,16,18H,10-11H2,1H3. The van der Waals surface area contributed by atoms with E-state index in [-0.39, 0.29) is 6.10 Å². The number of methoxy groups -OCH3 is 1. The molecule has 0 aliphatic carbocycles. The molecule has 104 valence electrons. The number of fused-ring (bicyclic) bond motifs is 1. The monoisotopic (exact) mass is 271 g/mol. The molecule has 1 aliphatic rings. The van der Waals surface area contributed by atoms with E-state index in [9.17, 15) is 5.21 Å². The molecule has 20 heavy (non-hydrogen) atoms. The zero-order valence-corrected chi connectivity index (χ0v) is 11.3. The first-order valence-corrected chi connectivity index (χ1v) is 6.59. The van der Waals surface area contributed by atoms with Crippen LogP contribution in [0.2, 0.25) is 0 Å². The fourth-order valence-corrected chi connectivity index (χ4v) is 2.49.